The van der Waals surface area contributed by atoms with Gasteiger partial charge in [-0.05, 0) is 19.8 Å². The van der Waals surface area contributed by atoms with E-state index in [1.165, 1.54) is 0 Å². The molecule has 1 saturated heterocycles. The van der Waals surface area contributed by atoms with Gasteiger partial charge in [-0.15, -0.1) is 0 Å². The molecule has 3 heteroatoms. The highest BCUT2D eigenvalue weighted by Gasteiger charge is 2.36. The smallest absolute Gasteiger partial charge is 0.0741 e. The molecule has 1 aliphatic rings. The fraction of sp³-hybridized carbons (Fsp3) is 1.00. The number of aliphatic hydroxyl groups excluding tert-OH is 1. The van der Waals surface area contributed by atoms with Gasteiger partial charge in [0.15, 0.2) is 0 Å². The molecule has 1 N–H and O–H groups in total. The van der Waals surface area contributed by atoms with Crippen LogP contribution in [0.1, 0.15) is 27.7 Å². The molecule has 1 aliphatic heterocycles. The second-order valence-electron chi connectivity index (χ2n) is 4.94. The maximum atomic E-state index is 10.1. The summed E-state index contributed by atoms with van der Waals surface area (Å²) in [6, 6.07) is 0. The number of nitrogens with zero attached hydrogens (tertiary/aromatic N) is 1. The van der Waals surface area contributed by atoms with Crippen molar-refractivity contribution in [2.45, 2.75) is 39.3 Å². The van der Waals surface area contributed by atoms with Crippen molar-refractivity contribution in [3.05, 3.63) is 0 Å². The Morgan fingerprint density at radius 1 is 1.21 bits per heavy atom. The van der Waals surface area contributed by atoms with Crippen LogP contribution >= 0.6 is 0 Å². The standard InChI is InChI=1S/C11H23NO2/c1-9(2)10(13)11(3,4)12-5-7-14-8-6-12/h9-10,13H,5-8H2,1-4H3. The first-order valence-corrected chi connectivity index (χ1v) is 5.47. The first-order chi connectivity index (χ1) is 6.46. The summed E-state index contributed by atoms with van der Waals surface area (Å²) >= 11 is 0. The third-order valence-corrected chi connectivity index (χ3v) is 3.18. The number of hydrogen-bond donors (Lipinski definition) is 1. The van der Waals surface area contributed by atoms with E-state index in [1.54, 1.807) is 0 Å². The molecule has 0 spiro atoms. The topological polar surface area (TPSA) is 32.7 Å². The van der Waals surface area contributed by atoms with Crippen LogP contribution in [0.3, 0.4) is 0 Å². The van der Waals surface area contributed by atoms with E-state index in [4.69, 9.17) is 4.74 Å². The van der Waals surface area contributed by atoms with Crippen LogP contribution in [-0.4, -0.2) is 48.0 Å². The predicted octanol–water partition coefficient (Wildman–Crippen LogP) is 1.11. The van der Waals surface area contributed by atoms with Gasteiger partial charge in [-0.2, -0.15) is 0 Å². The van der Waals surface area contributed by atoms with Gasteiger partial charge in [0.2, 0.25) is 0 Å². The monoisotopic (exact) mass is 201 g/mol. The molecule has 0 aromatic carbocycles. The maximum Gasteiger partial charge on any atom is 0.0741 e. The van der Waals surface area contributed by atoms with E-state index in [-0.39, 0.29) is 11.6 Å². The van der Waals surface area contributed by atoms with Gasteiger partial charge in [-0.3, -0.25) is 4.90 Å². The molecule has 3 nitrogen and oxygen atoms in total. The number of morpholine rings is 1. The molecule has 0 aromatic rings. The Hall–Kier alpha value is -0.120. The van der Waals surface area contributed by atoms with Gasteiger partial charge in [0.1, 0.15) is 0 Å². The first kappa shape index (κ1) is 12.0. The SMILES string of the molecule is CC(C)C(O)C(C)(C)N1CCOCC1. The summed E-state index contributed by atoms with van der Waals surface area (Å²) in [7, 11) is 0. The van der Waals surface area contributed by atoms with Crippen molar-refractivity contribution >= 4 is 0 Å². The van der Waals surface area contributed by atoms with Crippen LogP contribution in [0.15, 0.2) is 0 Å². The lowest BCUT2D eigenvalue weighted by Gasteiger charge is -2.45. The minimum atomic E-state index is -0.277. The van der Waals surface area contributed by atoms with Gasteiger partial charge < -0.3 is 9.84 Å². The Morgan fingerprint density at radius 3 is 2.14 bits per heavy atom. The zero-order valence-corrected chi connectivity index (χ0v) is 9.79. The molecule has 0 radical (unpaired) electrons. The second kappa shape index (κ2) is 4.60. The summed E-state index contributed by atoms with van der Waals surface area (Å²) in [5.41, 5.74) is -0.141. The number of ether oxygens (including phenoxy) is 1. The van der Waals surface area contributed by atoms with Crippen molar-refractivity contribution in [3.63, 3.8) is 0 Å². The van der Waals surface area contributed by atoms with Crippen molar-refractivity contribution in [1.29, 1.82) is 0 Å². The van der Waals surface area contributed by atoms with Crippen LogP contribution in [0.25, 0.3) is 0 Å². The molecular formula is C11H23NO2. The van der Waals surface area contributed by atoms with Crippen molar-refractivity contribution in [2.75, 3.05) is 26.3 Å². The van der Waals surface area contributed by atoms with E-state index < -0.39 is 0 Å². The number of aliphatic hydroxyl groups is 1. The average Bonchev–Trinajstić information content (AvgIpc) is 2.18. The molecule has 14 heavy (non-hydrogen) atoms. The summed E-state index contributed by atoms with van der Waals surface area (Å²) in [5.74, 6) is 0.299. The molecule has 1 atom stereocenters. The Morgan fingerprint density at radius 2 is 1.71 bits per heavy atom. The first-order valence-electron chi connectivity index (χ1n) is 5.47. The molecule has 0 amide bonds. The summed E-state index contributed by atoms with van der Waals surface area (Å²) in [4.78, 5) is 2.32. The van der Waals surface area contributed by atoms with Gasteiger partial charge in [0, 0.05) is 18.6 Å². The second-order valence-corrected chi connectivity index (χ2v) is 4.94. The molecule has 84 valence electrons. The molecule has 0 bridgehead atoms. The molecule has 0 aliphatic carbocycles. The van der Waals surface area contributed by atoms with Crippen molar-refractivity contribution in [2.24, 2.45) is 5.92 Å². The maximum absolute atomic E-state index is 10.1. The van der Waals surface area contributed by atoms with Crippen molar-refractivity contribution < 1.29 is 9.84 Å². The number of rotatable bonds is 3. The van der Waals surface area contributed by atoms with Gasteiger partial charge in [-0.25, -0.2) is 0 Å². The molecular weight excluding hydrogens is 178 g/mol. The zero-order chi connectivity index (χ0) is 10.8. The molecule has 0 saturated carbocycles. The Bertz CT molecular complexity index is 174. The molecule has 1 fully saturated rings. The minimum absolute atomic E-state index is 0.141. The van der Waals surface area contributed by atoms with E-state index >= 15 is 0 Å². The average molecular weight is 201 g/mol. The Balaban J connectivity index is 2.61. The zero-order valence-electron chi connectivity index (χ0n) is 9.79. The highest BCUT2D eigenvalue weighted by molar-refractivity contribution is 4.91. The van der Waals surface area contributed by atoms with Crippen LogP contribution in [0.5, 0.6) is 0 Å². The Labute approximate surface area is 87.1 Å². The van der Waals surface area contributed by atoms with E-state index in [0.29, 0.717) is 5.92 Å². The highest BCUT2D eigenvalue weighted by atomic mass is 16.5. The summed E-state index contributed by atoms with van der Waals surface area (Å²) in [5, 5.41) is 10.1. The molecule has 1 heterocycles. The lowest BCUT2D eigenvalue weighted by atomic mass is 9.87. The van der Waals surface area contributed by atoms with Crippen molar-refractivity contribution in [3.8, 4) is 0 Å². The predicted molar refractivity (Wildman–Crippen MR) is 57.3 cm³/mol. The fourth-order valence-electron chi connectivity index (χ4n) is 2.14. The van der Waals surface area contributed by atoms with Crippen LogP contribution in [-0.2, 0) is 4.74 Å². The molecule has 1 rings (SSSR count). The quantitative estimate of drug-likeness (QED) is 0.742. The lowest BCUT2D eigenvalue weighted by Crippen LogP contribution is -2.57. The minimum Gasteiger partial charge on any atom is -0.391 e. The Kier molecular flexibility index (Phi) is 3.93. The number of hydrogen-bond acceptors (Lipinski definition) is 3. The highest BCUT2D eigenvalue weighted by Crippen LogP contribution is 2.24. The summed E-state index contributed by atoms with van der Waals surface area (Å²) in [6.45, 7) is 11.8. The molecule has 0 aromatic heterocycles. The fourth-order valence-corrected chi connectivity index (χ4v) is 2.14. The lowest BCUT2D eigenvalue weighted by molar-refractivity contribution is -0.0754. The van der Waals surface area contributed by atoms with Gasteiger partial charge >= 0.3 is 0 Å². The van der Waals surface area contributed by atoms with E-state index in [0.717, 1.165) is 26.3 Å². The third-order valence-electron chi connectivity index (χ3n) is 3.18. The van der Waals surface area contributed by atoms with E-state index in [1.807, 2.05) is 0 Å². The molecule has 1 unspecified atom stereocenters. The largest absolute Gasteiger partial charge is 0.391 e. The van der Waals surface area contributed by atoms with Gasteiger partial charge in [-0.1, -0.05) is 13.8 Å². The third kappa shape index (κ3) is 2.47. The summed E-state index contributed by atoms with van der Waals surface area (Å²) in [6.07, 6.45) is -0.277. The van der Waals surface area contributed by atoms with Crippen molar-refractivity contribution in [1.82, 2.24) is 4.90 Å². The van der Waals surface area contributed by atoms with Crippen LogP contribution < -0.4 is 0 Å². The van der Waals surface area contributed by atoms with Gasteiger partial charge in [0.05, 0.1) is 19.3 Å². The van der Waals surface area contributed by atoms with Gasteiger partial charge in [0.25, 0.3) is 0 Å². The van der Waals surface area contributed by atoms with E-state index in [2.05, 4.69) is 32.6 Å². The normalized spacial score (nSPS) is 22.7. The van der Waals surface area contributed by atoms with Crippen LogP contribution in [0.2, 0.25) is 0 Å². The van der Waals surface area contributed by atoms with Crippen LogP contribution in [0.4, 0.5) is 0 Å². The van der Waals surface area contributed by atoms with Crippen LogP contribution in [0, 0.1) is 5.92 Å². The summed E-state index contributed by atoms with van der Waals surface area (Å²) < 4.78 is 5.31. The van der Waals surface area contributed by atoms with E-state index in [9.17, 15) is 5.11 Å².